The highest BCUT2D eigenvalue weighted by Gasteiger charge is 2.23. The van der Waals surface area contributed by atoms with Crippen LogP contribution in [0.25, 0.3) is 0 Å². The van der Waals surface area contributed by atoms with E-state index in [1.807, 2.05) is 0 Å². The monoisotopic (exact) mass is 214 g/mol. The van der Waals surface area contributed by atoms with E-state index in [2.05, 4.69) is 17.2 Å². The average molecular weight is 214 g/mol. The second kappa shape index (κ2) is 6.06. The Labute approximate surface area is 89.6 Å². The van der Waals surface area contributed by atoms with Crippen molar-refractivity contribution < 1.29 is 14.7 Å². The molecule has 0 bridgehead atoms. The molecule has 0 aromatic rings. The van der Waals surface area contributed by atoms with Crippen LogP contribution in [0, 0.1) is 5.92 Å². The maximum absolute atomic E-state index is 11.3. The number of carboxylic acid groups (broad SMARTS) is 1. The molecule has 5 nitrogen and oxygen atoms in total. The van der Waals surface area contributed by atoms with Crippen LogP contribution in [0.1, 0.15) is 20.8 Å². The van der Waals surface area contributed by atoms with Crippen LogP contribution < -0.4 is 10.6 Å². The Balaban J connectivity index is 4.24. The number of hydrogen-bond donors (Lipinski definition) is 3. The van der Waals surface area contributed by atoms with Crippen molar-refractivity contribution in [3.05, 3.63) is 12.7 Å². The van der Waals surface area contributed by atoms with Crippen molar-refractivity contribution >= 4 is 12.0 Å². The van der Waals surface area contributed by atoms with Gasteiger partial charge in [0.1, 0.15) is 6.04 Å². The molecule has 0 spiro atoms. The molecule has 0 aliphatic heterocycles. The smallest absolute Gasteiger partial charge is 0.326 e. The second-order valence-electron chi connectivity index (χ2n) is 3.70. The molecule has 0 heterocycles. The number of nitrogens with one attached hydrogen (secondary N) is 2. The fraction of sp³-hybridized carbons (Fsp3) is 0.600. The van der Waals surface area contributed by atoms with Gasteiger partial charge in [-0.05, 0) is 12.8 Å². The first-order chi connectivity index (χ1) is 6.88. The molecule has 0 aromatic carbocycles. The van der Waals surface area contributed by atoms with Crippen LogP contribution in [-0.4, -0.2) is 29.2 Å². The Morgan fingerprint density at radius 2 is 1.80 bits per heavy atom. The largest absolute Gasteiger partial charge is 0.480 e. The standard InChI is InChI=1S/C10H18N2O3/c1-5-7(4)11-10(15)12-8(6(2)3)9(13)14/h5-8H,1H2,2-4H3,(H,13,14)(H2,11,12,15)/t7?,8-/m1/s1. The number of amides is 2. The number of urea groups is 1. The van der Waals surface area contributed by atoms with E-state index >= 15 is 0 Å². The van der Waals surface area contributed by atoms with Gasteiger partial charge in [0.2, 0.25) is 0 Å². The number of rotatable bonds is 5. The minimum absolute atomic E-state index is 0.160. The van der Waals surface area contributed by atoms with E-state index in [-0.39, 0.29) is 12.0 Å². The lowest BCUT2D eigenvalue weighted by Crippen LogP contribution is -2.50. The molecule has 15 heavy (non-hydrogen) atoms. The van der Waals surface area contributed by atoms with Crippen LogP contribution in [-0.2, 0) is 4.79 Å². The second-order valence-corrected chi connectivity index (χ2v) is 3.70. The summed E-state index contributed by atoms with van der Waals surface area (Å²) in [6, 6.07) is -1.56. The van der Waals surface area contributed by atoms with Gasteiger partial charge in [0, 0.05) is 6.04 Å². The van der Waals surface area contributed by atoms with Gasteiger partial charge in [0.15, 0.2) is 0 Å². The number of aliphatic carboxylic acids is 1. The number of carbonyl (C=O) groups excluding carboxylic acids is 1. The fourth-order valence-electron chi connectivity index (χ4n) is 0.962. The predicted octanol–water partition coefficient (Wildman–Crippen LogP) is 0.969. The summed E-state index contributed by atoms with van der Waals surface area (Å²) in [6.07, 6.45) is 1.56. The van der Waals surface area contributed by atoms with Crippen molar-refractivity contribution in [2.75, 3.05) is 0 Å². The molecule has 5 heteroatoms. The third kappa shape index (κ3) is 5.05. The number of hydrogen-bond acceptors (Lipinski definition) is 2. The lowest BCUT2D eigenvalue weighted by molar-refractivity contribution is -0.140. The fourth-order valence-corrected chi connectivity index (χ4v) is 0.962. The zero-order valence-electron chi connectivity index (χ0n) is 9.28. The molecule has 3 N–H and O–H groups in total. The lowest BCUT2D eigenvalue weighted by Gasteiger charge is -2.19. The Bertz CT molecular complexity index is 251. The lowest BCUT2D eigenvalue weighted by atomic mass is 10.1. The van der Waals surface area contributed by atoms with E-state index in [9.17, 15) is 9.59 Å². The van der Waals surface area contributed by atoms with Crippen molar-refractivity contribution in [3.8, 4) is 0 Å². The van der Waals surface area contributed by atoms with Crippen molar-refractivity contribution in [3.63, 3.8) is 0 Å². The molecule has 0 aliphatic carbocycles. The summed E-state index contributed by atoms with van der Waals surface area (Å²) in [4.78, 5) is 22.1. The zero-order chi connectivity index (χ0) is 12.0. The van der Waals surface area contributed by atoms with Crippen LogP contribution >= 0.6 is 0 Å². The van der Waals surface area contributed by atoms with E-state index in [1.165, 1.54) is 0 Å². The summed E-state index contributed by atoms with van der Waals surface area (Å²) in [5, 5.41) is 13.7. The van der Waals surface area contributed by atoms with Gasteiger partial charge in [-0.15, -0.1) is 6.58 Å². The molecule has 86 valence electrons. The summed E-state index contributed by atoms with van der Waals surface area (Å²) in [5.41, 5.74) is 0. The SMILES string of the molecule is C=CC(C)NC(=O)N[C@@H](C(=O)O)C(C)C. The Kier molecular flexibility index (Phi) is 5.44. The first kappa shape index (κ1) is 13.5. The molecule has 0 fully saturated rings. The quantitative estimate of drug-likeness (QED) is 0.597. The normalized spacial score (nSPS) is 14.1. The maximum Gasteiger partial charge on any atom is 0.326 e. The molecule has 1 unspecified atom stereocenters. The summed E-state index contributed by atoms with van der Waals surface area (Å²) >= 11 is 0. The topological polar surface area (TPSA) is 78.4 Å². The van der Waals surface area contributed by atoms with Crippen LogP contribution in [0.4, 0.5) is 4.79 Å². The summed E-state index contributed by atoms with van der Waals surface area (Å²) < 4.78 is 0. The van der Waals surface area contributed by atoms with Crippen LogP contribution in [0.5, 0.6) is 0 Å². The zero-order valence-corrected chi connectivity index (χ0v) is 9.28. The highest BCUT2D eigenvalue weighted by Crippen LogP contribution is 2.01. The summed E-state index contributed by atoms with van der Waals surface area (Å²) in [5.74, 6) is -1.20. The van der Waals surface area contributed by atoms with E-state index in [0.29, 0.717) is 0 Å². The highest BCUT2D eigenvalue weighted by molar-refractivity contribution is 5.82. The van der Waals surface area contributed by atoms with Gasteiger partial charge in [0.05, 0.1) is 0 Å². The van der Waals surface area contributed by atoms with Crippen LogP contribution in [0.3, 0.4) is 0 Å². The first-order valence-electron chi connectivity index (χ1n) is 4.80. The van der Waals surface area contributed by atoms with Gasteiger partial charge in [-0.2, -0.15) is 0 Å². The molecule has 2 atom stereocenters. The van der Waals surface area contributed by atoms with Gasteiger partial charge in [0.25, 0.3) is 0 Å². The number of carboxylic acids is 1. The minimum atomic E-state index is -1.04. The average Bonchev–Trinajstić information content (AvgIpc) is 2.12. The molecule has 0 rings (SSSR count). The number of carbonyl (C=O) groups is 2. The van der Waals surface area contributed by atoms with Crippen LogP contribution in [0.2, 0.25) is 0 Å². The minimum Gasteiger partial charge on any atom is -0.480 e. The molecule has 0 saturated heterocycles. The third-order valence-electron chi connectivity index (χ3n) is 1.93. The summed E-state index contributed by atoms with van der Waals surface area (Å²) in [7, 11) is 0. The first-order valence-corrected chi connectivity index (χ1v) is 4.80. The van der Waals surface area contributed by atoms with Crippen molar-refractivity contribution in [1.82, 2.24) is 10.6 Å². The predicted molar refractivity (Wildman–Crippen MR) is 57.6 cm³/mol. The Hall–Kier alpha value is -1.52. The third-order valence-corrected chi connectivity index (χ3v) is 1.93. The summed E-state index contributed by atoms with van der Waals surface area (Å²) in [6.45, 7) is 8.72. The van der Waals surface area contributed by atoms with Gasteiger partial charge in [-0.1, -0.05) is 19.9 Å². The van der Waals surface area contributed by atoms with Crippen molar-refractivity contribution in [2.24, 2.45) is 5.92 Å². The Morgan fingerprint density at radius 1 is 1.27 bits per heavy atom. The van der Waals surface area contributed by atoms with Crippen molar-refractivity contribution in [2.45, 2.75) is 32.9 Å². The van der Waals surface area contributed by atoms with Crippen molar-refractivity contribution in [1.29, 1.82) is 0 Å². The van der Waals surface area contributed by atoms with E-state index in [0.717, 1.165) is 0 Å². The molecule has 0 radical (unpaired) electrons. The molecule has 2 amide bonds. The van der Waals surface area contributed by atoms with E-state index < -0.39 is 18.0 Å². The van der Waals surface area contributed by atoms with Gasteiger partial charge < -0.3 is 15.7 Å². The molecular weight excluding hydrogens is 196 g/mol. The van der Waals surface area contributed by atoms with Gasteiger partial charge >= 0.3 is 12.0 Å². The van der Waals surface area contributed by atoms with Crippen LogP contribution in [0.15, 0.2) is 12.7 Å². The molecule has 0 aromatic heterocycles. The van der Waals surface area contributed by atoms with E-state index in [1.54, 1.807) is 26.8 Å². The maximum atomic E-state index is 11.3. The van der Waals surface area contributed by atoms with Gasteiger partial charge in [-0.25, -0.2) is 9.59 Å². The van der Waals surface area contributed by atoms with E-state index in [4.69, 9.17) is 5.11 Å². The molecule has 0 aliphatic rings. The molecule has 0 saturated carbocycles. The van der Waals surface area contributed by atoms with Gasteiger partial charge in [-0.3, -0.25) is 0 Å². The Morgan fingerprint density at radius 3 is 2.13 bits per heavy atom. The highest BCUT2D eigenvalue weighted by atomic mass is 16.4. The molecular formula is C10H18N2O3.